The second-order valence-corrected chi connectivity index (χ2v) is 9.04. The Kier molecular flexibility index (Phi) is 12.6. The molecule has 32 heavy (non-hydrogen) atoms. The van der Waals surface area contributed by atoms with Crippen molar-refractivity contribution in [1.29, 1.82) is 0 Å². The van der Waals surface area contributed by atoms with Crippen molar-refractivity contribution >= 4 is 5.97 Å². The molecule has 0 saturated carbocycles. The molecule has 2 rings (SSSR count). The minimum absolute atomic E-state index is 0.159. The maximum Gasteiger partial charge on any atom is 0.311 e. The number of nitrogens with zero attached hydrogens (tertiary/aromatic N) is 2. The van der Waals surface area contributed by atoms with Crippen molar-refractivity contribution in [2.45, 2.75) is 104 Å². The Balaban J connectivity index is 1.71. The van der Waals surface area contributed by atoms with E-state index in [9.17, 15) is 4.79 Å². The summed E-state index contributed by atoms with van der Waals surface area (Å²) in [5.74, 6) is 1.86. The molecule has 1 aromatic carbocycles. The highest BCUT2D eigenvalue weighted by molar-refractivity contribution is 5.72. The molecular formula is C28H42N2O2. The summed E-state index contributed by atoms with van der Waals surface area (Å²) in [7, 11) is 0. The number of unbranched alkanes of at least 4 members (excludes halogenated alkanes) is 7. The van der Waals surface area contributed by atoms with Crippen molar-refractivity contribution in [3.05, 3.63) is 42.2 Å². The van der Waals surface area contributed by atoms with Gasteiger partial charge in [0.2, 0.25) is 0 Å². The molecule has 0 saturated heterocycles. The second kappa shape index (κ2) is 15.6. The van der Waals surface area contributed by atoms with Crippen LogP contribution in [0.5, 0.6) is 5.75 Å². The lowest BCUT2D eigenvalue weighted by molar-refractivity contribution is -0.134. The SMILES string of the molecule is CCCCCCCCCc1cnc(-c2ccc(OC(=O)CCCCC(C)CC)cc2)nc1. The van der Waals surface area contributed by atoms with Gasteiger partial charge in [0, 0.05) is 24.4 Å². The molecule has 1 aromatic heterocycles. The fourth-order valence-corrected chi connectivity index (χ4v) is 3.74. The van der Waals surface area contributed by atoms with E-state index in [0.717, 1.165) is 30.7 Å². The van der Waals surface area contributed by atoms with E-state index in [-0.39, 0.29) is 5.97 Å². The number of rotatable bonds is 16. The Labute approximate surface area is 195 Å². The Morgan fingerprint density at radius 2 is 1.53 bits per heavy atom. The van der Waals surface area contributed by atoms with Gasteiger partial charge in [-0.25, -0.2) is 9.97 Å². The van der Waals surface area contributed by atoms with Gasteiger partial charge in [0.05, 0.1) is 0 Å². The highest BCUT2D eigenvalue weighted by atomic mass is 16.5. The second-order valence-electron chi connectivity index (χ2n) is 9.04. The third-order valence-electron chi connectivity index (χ3n) is 6.14. The van der Waals surface area contributed by atoms with Crippen molar-refractivity contribution in [3.8, 4) is 17.1 Å². The molecule has 176 valence electrons. The van der Waals surface area contributed by atoms with Crippen LogP contribution in [0.25, 0.3) is 11.4 Å². The zero-order valence-corrected chi connectivity index (χ0v) is 20.4. The van der Waals surface area contributed by atoms with Gasteiger partial charge < -0.3 is 4.74 Å². The van der Waals surface area contributed by atoms with Crippen LogP contribution in [0.4, 0.5) is 0 Å². The summed E-state index contributed by atoms with van der Waals surface area (Å²) in [6.07, 6.45) is 18.9. The van der Waals surface area contributed by atoms with E-state index in [0.29, 0.717) is 18.0 Å². The van der Waals surface area contributed by atoms with E-state index in [2.05, 4.69) is 30.7 Å². The van der Waals surface area contributed by atoms with Gasteiger partial charge in [0.25, 0.3) is 0 Å². The van der Waals surface area contributed by atoms with Gasteiger partial charge in [-0.15, -0.1) is 0 Å². The maximum atomic E-state index is 12.0. The summed E-state index contributed by atoms with van der Waals surface area (Å²) in [5.41, 5.74) is 2.13. The molecule has 1 heterocycles. The average molecular weight is 439 g/mol. The lowest BCUT2D eigenvalue weighted by Crippen LogP contribution is -2.07. The number of hydrogen-bond donors (Lipinski definition) is 0. The van der Waals surface area contributed by atoms with Crippen molar-refractivity contribution in [2.24, 2.45) is 5.92 Å². The number of esters is 1. The van der Waals surface area contributed by atoms with Gasteiger partial charge in [-0.2, -0.15) is 0 Å². The minimum Gasteiger partial charge on any atom is -0.427 e. The van der Waals surface area contributed by atoms with Crippen LogP contribution in [-0.2, 0) is 11.2 Å². The molecule has 4 nitrogen and oxygen atoms in total. The van der Waals surface area contributed by atoms with Gasteiger partial charge in [-0.3, -0.25) is 4.79 Å². The predicted molar refractivity (Wildman–Crippen MR) is 133 cm³/mol. The van der Waals surface area contributed by atoms with E-state index in [1.165, 1.54) is 63.4 Å². The van der Waals surface area contributed by atoms with Crippen LogP contribution in [0.15, 0.2) is 36.7 Å². The van der Waals surface area contributed by atoms with Crippen LogP contribution in [-0.4, -0.2) is 15.9 Å². The van der Waals surface area contributed by atoms with Crippen LogP contribution >= 0.6 is 0 Å². The smallest absolute Gasteiger partial charge is 0.311 e. The number of carbonyl (C=O) groups is 1. The standard InChI is InChI=1S/C28H42N2O2/c1-4-6-7-8-9-10-11-15-24-21-29-28(30-22-24)25-17-19-26(20-18-25)32-27(31)16-13-12-14-23(3)5-2/h17-23H,4-16H2,1-3H3. The number of hydrogen-bond acceptors (Lipinski definition) is 4. The molecule has 0 aliphatic carbocycles. The minimum atomic E-state index is -0.159. The van der Waals surface area contributed by atoms with Crippen molar-refractivity contribution in [3.63, 3.8) is 0 Å². The molecule has 0 N–H and O–H groups in total. The number of ether oxygens (including phenoxy) is 1. The summed E-state index contributed by atoms with van der Waals surface area (Å²) in [4.78, 5) is 21.1. The molecule has 1 unspecified atom stereocenters. The van der Waals surface area contributed by atoms with E-state index < -0.39 is 0 Å². The predicted octanol–water partition coefficient (Wildman–Crippen LogP) is 7.95. The van der Waals surface area contributed by atoms with Crippen LogP contribution in [0.2, 0.25) is 0 Å². The zero-order valence-electron chi connectivity index (χ0n) is 20.4. The first-order valence-corrected chi connectivity index (χ1v) is 12.7. The lowest BCUT2D eigenvalue weighted by atomic mass is 10.0. The summed E-state index contributed by atoms with van der Waals surface area (Å²) in [6.45, 7) is 6.72. The van der Waals surface area contributed by atoms with Crippen LogP contribution < -0.4 is 4.74 Å². The van der Waals surface area contributed by atoms with Gasteiger partial charge in [0.1, 0.15) is 5.75 Å². The number of aromatic nitrogens is 2. The molecule has 4 heteroatoms. The lowest BCUT2D eigenvalue weighted by Gasteiger charge is -2.08. The van der Waals surface area contributed by atoms with E-state index in [1.54, 1.807) is 0 Å². The molecule has 0 aliphatic heterocycles. The van der Waals surface area contributed by atoms with Crippen molar-refractivity contribution in [2.75, 3.05) is 0 Å². The third kappa shape index (κ3) is 10.4. The Hall–Kier alpha value is -2.23. The van der Waals surface area contributed by atoms with E-state index >= 15 is 0 Å². The number of benzene rings is 1. The fourth-order valence-electron chi connectivity index (χ4n) is 3.74. The Morgan fingerprint density at radius 1 is 0.875 bits per heavy atom. The van der Waals surface area contributed by atoms with Gasteiger partial charge >= 0.3 is 5.97 Å². The quantitative estimate of drug-likeness (QED) is 0.152. The highest BCUT2D eigenvalue weighted by Crippen LogP contribution is 2.20. The monoisotopic (exact) mass is 438 g/mol. The zero-order chi connectivity index (χ0) is 23.0. The van der Waals surface area contributed by atoms with E-state index in [4.69, 9.17) is 4.74 Å². The third-order valence-corrected chi connectivity index (χ3v) is 6.14. The Morgan fingerprint density at radius 3 is 2.19 bits per heavy atom. The summed E-state index contributed by atoms with van der Waals surface area (Å²) in [6, 6.07) is 7.47. The summed E-state index contributed by atoms with van der Waals surface area (Å²) >= 11 is 0. The molecule has 0 fully saturated rings. The summed E-state index contributed by atoms with van der Waals surface area (Å²) < 4.78 is 5.46. The van der Waals surface area contributed by atoms with Crippen molar-refractivity contribution in [1.82, 2.24) is 9.97 Å². The number of aryl methyl sites for hydroxylation is 1. The number of carbonyl (C=O) groups excluding carboxylic acids is 1. The molecule has 2 aromatic rings. The van der Waals surface area contributed by atoms with Crippen molar-refractivity contribution < 1.29 is 9.53 Å². The van der Waals surface area contributed by atoms with Crippen LogP contribution in [0, 0.1) is 5.92 Å². The summed E-state index contributed by atoms with van der Waals surface area (Å²) in [5, 5.41) is 0. The first kappa shape index (κ1) is 26.0. The van der Waals surface area contributed by atoms with Gasteiger partial charge in [0.15, 0.2) is 5.82 Å². The maximum absolute atomic E-state index is 12.0. The highest BCUT2D eigenvalue weighted by Gasteiger charge is 2.07. The molecule has 0 radical (unpaired) electrons. The van der Waals surface area contributed by atoms with Gasteiger partial charge in [-0.1, -0.05) is 78.6 Å². The fraction of sp³-hybridized carbons (Fsp3) is 0.607. The molecule has 1 atom stereocenters. The normalized spacial score (nSPS) is 12.0. The molecule has 0 aliphatic rings. The van der Waals surface area contributed by atoms with Gasteiger partial charge in [-0.05, 0) is 55.0 Å². The molecular weight excluding hydrogens is 396 g/mol. The van der Waals surface area contributed by atoms with Crippen LogP contribution in [0.1, 0.15) is 103 Å². The van der Waals surface area contributed by atoms with Crippen LogP contribution in [0.3, 0.4) is 0 Å². The molecule has 0 amide bonds. The topological polar surface area (TPSA) is 52.1 Å². The largest absolute Gasteiger partial charge is 0.427 e. The Bertz CT molecular complexity index is 756. The molecule has 0 bridgehead atoms. The van der Waals surface area contributed by atoms with E-state index in [1.807, 2.05) is 36.7 Å². The first-order valence-electron chi connectivity index (χ1n) is 12.7. The average Bonchev–Trinajstić information content (AvgIpc) is 2.82. The molecule has 0 spiro atoms. The first-order chi connectivity index (χ1) is 15.6.